The second kappa shape index (κ2) is 6.02. The summed E-state index contributed by atoms with van der Waals surface area (Å²) in [5.74, 6) is -0.626. The fraction of sp³-hybridized carbons (Fsp3) is 0.929. The fourth-order valence-electron chi connectivity index (χ4n) is 3.83. The summed E-state index contributed by atoms with van der Waals surface area (Å²) in [7, 11) is -3.02. The van der Waals surface area contributed by atoms with Gasteiger partial charge in [-0.3, -0.25) is 9.69 Å². The number of carboxylic acid groups (broad SMARTS) is 1. The van der Waals surface area contributed by atoms with Crippen molar-refractivity contribution in [1.82, 2.24) is 4.90 Å². The first kappa shape index (κ1) is 15.8. The maximum Gasteiger partial charge on any atom is 0.321 e. The number of hydrogen-bond acceptors (Lipinski definition) is 4. The SMILES string of the molecule is CC1CCCN(C2CCCC(S(C)(=O)=O)C2)C1C(=O)O. The van der Waals surface area contributed by atoms with Crippen LogP contribution in [0, 0.1) is 5.92 Å². The van der Waals surface area contributed by atoms with E-state index in [2.05, 4.69) is 4.90 Å². The van der Waals surface area contributed by atoms with Crippen LogP contribution in [0.3, 0.4) is 0 Å². The second-order valence-electron chi connectivity index (χ2n) is 6.41. The van der Waals surface area contributed by atoms with E-state index in [0.717, 1.165) is 38.6 Å². The topological polar surface area (TPSA) is 74.7 Å². The molecule has 4 atom stereocenters. The van der Waals surface area contributed by atoms with Crippen molar-refractivity contribution < 1.29 is 18.3 Å². The Labute approximate surface area is 121 Å². The number of likely N-dealkylation sites (tertiary alicyclic amines) is 1. The fourth-order valence-corrected chi connectivity index (χ4v) is 4.99. The van der Waals surface area contributed by atoms with Crippen molar-refractivity contribution in [2.24, 2.45) is 5.92 Å². The van der Waals surface area contributed by atoms with Gasteiger partial charge in [0.05, 0.1) is 5.25 Å². The van der Waals surface area contributed by atoms with Crippen molar-refractivity contribution >= 4 is 15.8 Å². The molecule has 1 aliphatic heterocycles. The lowest BCUT2D eigenvalue weighted by Crippen LogP contribution is -2.55. The lowest BCUT2D eigenvalue weighted by Gasteiger charge is -2.44. The van der Waals surface area contributed by atoms with Crippen LogP contribution in [-0.2, 0) is 14.6 Å². The number of rotatable bonds is 3. The van der Waals surface area contributed by atoms with Gasteiger partial charge in [0.2, 0.25) is 0 Å². The van der Waals surface area contributed by atoms with E-state index in [4.69, 9.17) is 0 Å². The average Bonchev–Trinajstić information content (AvgIpc) is 2.37. The summed E-state index contributed by atoms with van der Waals surface area (Å²) in [6.07, 6.45) is 6.35. The molecule has 5 nitrogen and oxygen atoms in total. The van der Waals surface area contributed by atoms with Gasteiger partial charge in [-0.2, -0.15) is 0 Å². The quantitative estimate of drug-likeness (QED) is 0.856. The highest BCUT2D eigenvalue weighted by Crippen LogP contribution is 2.33. The predicted octanol–water partition coefficient (Wildman–Crippen LogP) is 1.53. The molecule has 1 aliphatic carbocycles. The number of carbonyl (C=O) groups is 1. The van der Waals surface area contributed by atoms with Crippen LogP contribution >= 0.6 is 0 Å². The van der Waals surface area contributed by atoms with Gasteiger partial charge in [0.1, 0.15) is 15.9 Å². The first-order valence-electron chi connectivity index (χ1n) is 7.48. The van der Waals surface area contributed by atoms with E-state index in [0.29, 0.717) is 6.42 Å². The van der Waals surface area contributed by atoms with Gasteiger partial charge in [0.15, 0.2) is 0 Å². The zero-order valence-corrected chi connectivity index (χ0v) is 13.1. The number of hydrogen-bond donors (Lipinski definition) is 1. The first-order chi connectivity index (χ1) is 9.30. The molecule has 0 bridgehead atoms. The Balaban J connectivity index is 2.14. The highest BCUT2D eigenvalue weighted by atomic mass is 32.2. The van der Waals surface area contributed by atoms with Crippen molar-refractivity contribution in [3.63, 3.8) is 0 Å². The monoisotopic (exact) mass is 303 g/mol. The minimum absolute atomic E-state index is 0.104. The van der Waals surface area contributed by atoms with Crippen LogP contribution in [0.15, 0.2) is 0 Å². The third-order valence-electron chi connectivity index (χ3n) is 4.90. The molecule has 0 aromatic rings. The van der Waals surface area contributed by atoms with Crippen molar-refractivity contribution in [2.75, 3.05) is 12.8 Å². The van der Waals surface area contributed by atoms with E-state index in [1.807, 2.05) is 6.92 Å². The predicted molar refractivity (Wildman–Crippen MR) is 77.4 cm³/mol. The van der Waals surface area contributed by atoms with Crippen LogP contribution in [0.4, 0.5) is 0 Å². The van der Waals surface area contributed by atoms with Gasteiger partial charge in [-0.1, -0.05) is 13.3 Å². The first-order valence-corrected chi connectivity index (χ1v) is 9.43. The van der Waals surface area contributed by atoms with Gasteiger partial charge in [-0.15, -0.1) is 0 Å². The van der Waals surface area contributed by atoms with Crippen LogP contribution in [0.2, 0.25) is 0 Å². The number of aliphatic carboxylic acids is 1. The van der Waals surface area contributed by atoms with Gasteiger partial charge in [-0.05, 0) is 44.6 Å². The Kier molecular flexibility index (Phi) is 4.74. The number of sulfone groups is 1. The summed E-state index contributed by atoms with van der Waals surface area (Å²) < 4.78 is 23.5. The Bertz CT molecular complexity index is 462. The zero-order chi connectivity index (χ0) is 14.9. The second-order valence-corrected chi connectivity index (χ2v) is 8.74. The molecule has 0 radical (unpaired) electrons. The lowest BCUT2D eigenvalue weighted by molar-refractivity contribution is -0.148. The summed E-state index contributed by atoms with van der Waals surface area (Å²) in [5.41, 5.74) is 0. The Morgan fingerprint density at radius 2 is 1.90 bits per heavy atom. The largest absolute Gasteiger partial charge is 0.480 e. The lowest BCUT2D eigenvalue weighted by atomic mass is 9.85. The van der Waals surface area contributed by atoms with Crippen molar-refractivity contribution in [2.45, 2.75) is 62.8 Å². The number of carboxylic acids is 1. The Morgan fingerprint density at radius 3 is 2.50 bits per heavy atom. The smallest absolute Gasteiger partial charge is 0.321 e. The third-order valence-corrected chi connectivity index (χ3v) is 6.54. The highest BCUT2D eigenvalue weighted by molar-refractivity contribution is 7.91. The van der Waals surface area contributed by atoms with Gasteiger partial charge >= 0.3 is 5.97 Å². The molecule has 1 N–H and O–H groups in total. The zero-order valence-electron chi connectivity index (χ0n) is 12.3. The molecule has 116 valence electrons. The van der Waals surface area contributed by atoms with Crippen LogP contribution in [-0.4, -0.2) is 54.5 Å². The van der Waals surface area contributed by atoms with Crippen LogP contribution in [0.1, 0.15) is 45.4 Å². The normalized spacial score (nSPS) is 36.7. The molecule has 4 unspecified atom stereocenters. The van der Waals surface area contributed by atoms with Crippen molar-refractivity contribution in [1.29, 1.82) is 0 Å². The maximum absolute atomic E-state index is 11.8. The number of piperidine rings is 1. The van der Waals surface area contributed by atoms with Crippen LogP contribution in [0.5, 0.6) is 0 Å². The highest BCUT2D eigenvalue weighted by Gasteiger charge is 2.40. The van der Waals surface area contributed by atoms with E-state index in [1.165, 1.54) is 6.26 Å². The molecule has 2 aliphatic rings. The van der Waals surface area contributed by atoms with E-state index >= 15 is 0 Å². The molecule has 6 heteroatoms. The molecule has 1 saturated heterocycles. The minimum atomic E-state index is -3.02. The third kappa shape index (κ3) is 3.34. The van der Waals surface area contributed by atoms with Crippen molar-refractivity contribution in [3.05, 3.63) is 0 Å². The summed E-state index contributed by atoms with van der Waals surface area (Å²) in [5, 5.41) is 9.18. The molecule has 1 saturated carbocycles. The molecular weight excluding hydrogens is 278 g/mol. The molecule has 0 spiro atoms. The molecular formula is C14H25NO4S. The van der Waals surface area contributed by atoms with E-state index in [9.17, 15) is 18.3 Å². The van der Waals surface area contributed by atoms with Gasteiger partial charge in [0.25, 0.3) is 0 Å². The van der Waals surface area contributed by atoms with Crippen LogP contribution < -0.4 is 0 Å². The summed E-state index contributed by atoms with van der Waals surface area (Å²) in [6.45, 7) is 2.77. The summed E-state index contributed by atoms with van der Waals surface area (Å²) >= 11 is 0. The molecule has 1 heterocycles. The average molecular weight is 303 g/mol. The molecule has 2 rings (SSSR count). The summed E-state index contributed by atoms with van der Waals surface area (Å²) in [6, 6.07) is -0.348. The number of nitrogens with zero attached hydrogens (tertiary/aromatic N) is 1. The minimum Gasteiger partial charge on any atom is -0.480 e. The van der Waals surface area contributed by atoms with E-state index < -0.39 is 21.8 Å². The van der Waals surface area contributed by atoms with E-state index in [1.54, 1.807) is 0 Å². The molecule has 0 aromatic heterocycles. The standard InChI is InChI=1S/C14H25NO4S/c1-10-5-4-8-15(13(10)14(16)17)11-6-3-7-12(9-11)20(2,18)19/h10-13H,3-9H2,1-2H3,(H,16,17). The molecule has 20 heavy (non-hydrogen) atoms. The molecule has 0 aromatic carbocycles. The summed E-state index contributed by atoms with van der Waals surface area (Å²) in [4.78, 5) is 13.6. The Morgan fingerprint density at radius 1 is 1.20 bits per heavy atom. The molecule has 2 fully saturated rings. The maximum atomic E-state index is 11.8. The van der Waals surface area contributed by atoms with Crippen LogP contribution in [0.25, 0.3) is 0 Å². The molecule has 0 amide bonds. The van der Waals surface area contributed by atoms with Gasteiger partial charge < -0.3 is 5.11 Å². The van der Waals surface area contributed by atoms with E-state index in [-0.39, 0.29) is 17.2 Å². The van der Waals surface area contributed by atoms with Gasteiger partial charge in [0, 0.05) is 12.3 Å². The van der Waals surface area contributed by atoms with Gasteiger partial charge in [-0.25, -0.2) is 8.42 Å². The van der Waals surface area contributed by atoms with Crippen molar-refractivity contribution in [3.8, 4) is 0 Å². The Hall–Kier alpha value is -0.620.